The predicted molar refractivity (Wildman–Crippen MR) is 58.3 cm³/mol. The number of hydrogen-bond acceptors (Lipinski definition) is 2. The third-order valence-electron chi connectivity index (χ3n) is 2.22. The fraction of sp³-hybridized carbons (Fsp3) is 0.182. The van der Waals surface area contributed by atoms with Gasteiger partial charge in [0.1, 0.15) is 5.82 Å². The lowest BCUT2D eigenvalue weighted by molar-refractivity contribution is 0.628. The van der Waals surface area contributed by atoms with Crippen LogP contribution in [0.5, 0.6) is 0 Å². The highest BCUT2D eigenvalue weighted by atomic mass is 19.1. The van der Waals surface area contributed by atoms with Gasteiger partial charge in [-0.1, -0.05) is 12.1 Å². The number of nitrogens with one attached hydrogen (secondary N) is 2. The van der Waals surface area contributed by atoms with Gasteiger partial charge >= 0.3 is 0 Å². The summed E-state index contributed by atoms with van der Waals surface area (Å²) in [5, 5.41) is 2.91. The Balaban J connectivity index is 2.48. The lowest BCUT2D eigenvalue weighted by atomic mass is 10.1. The van der Waals surface area contributed by atoms with Gasteiger partial charge in [-0.3, -0.25) is 0 Å². The second-order valence-electron chi connectivity index (χ2n) is 3.32. The topological polar surface area (TPSA) is 40.7 Å². The van der Waals surface area contributed by atoms with Gasteiger partial charge < -0.3 is 10.3 Å². The van der Waals surface area contributed by atoms with E-state index in [2.05, 4.69) is 15.3 Å². The Bertz CT molecular complexity index is 476. The zero-order valence-corrected chi connectivity index (χ0v) is 8.63. The maximum Gasteiger partial charge on any atom is 0.200 e. The molecule has 15 heavy (non-hydrogen) atoms. The first kappa shape index (κ1) is 9.71. The third-order valence-corrected chi connectivity index (χ3v) is 2.22. The molecule has 0 saturated carbocycles. The minimum Gasteiger partial charge on any atom is -0.359 e. The summed E-state index contributed by atoms with van der Waals surface area (Å²) in [4.78, 5) is 7.37. The molecule has 0 atom stereocenters. The molecule has 2 rings (SSSR count). The Morgan fingerprint density at radius 3 is 2.80 bits per heavy atom. The number of aryl methyl sites for hydroxylation is 1. The molecule has 0 spiro atoms. The number of aromatic amines is 1. The van der Waals surface area contributed by atoms with Crippen molar-refractivity contribution in [1.82, 2.24) is 9.97 Å². The number of nitrogens with zero attached hydrogens (tertiary/aromatic N) is 1. The molecule has 3 nitrogen and oxygen atoms in total. The van der Waals surface area contributed by atoms with Crippen LogP contribution >= 0.6 is 0 Å². The Hall–Kier alpha value is -1.84. The second kappa shape index (κ2) is 3.73. The van der Waals surface area contributed by atoms with Gasteiger partial charge in [-0.05, 0) is 19.1 Å². The van der Waals surface area contributed by atoms with Gasteiger partial charge in [0.15, 0.2) is 0 Å². The number of benzene rings is 1. The molecule has 0 aliphatic heterocycles. The van der Waals surface area contributed by atoms with Crippen LogP contribution in [0.4, 0.5) is 10.3 Å². The molecule has 2 aromatic rings. The molecule has 0 aliphatic carbocycles. The first-order valence-electron chi connectivity index (χ1n) is 4.71. The van der Waals surface area contributed by atoms with Gasteiger partial charge in [-0.15, -0.1) is 0 Å². The first-order valence-corrected chi connectivity index (χ1v) is 4.71. The minimum atomic E-state index is -0.249. The molecule has 0 aliphatic rings. The average molecular weight is 205 g/mol. The molecular weight excluding hydrogens is 193 g/mol. The summed E-state index contributed by atoms with van der Waals surface area (Å²) in [7, 11) is 1.79. The van der Waals surface area contributed by atoms with Crippen LogP contribution in [0.15, 0.2) is 24.3 Å². The van der Waals surface area contributed by atoms with Gasteiger partial charge in [0.05, 0.1) is 5.69 Å². The Labute approximate surface area is 87.4 Å². The Morgan fingerprint density at radius 2 is 2.20 bits per heavy atom. The van der Waals surface area contributed by atoms with Crippen LogP contribution in [-0.4, -0.2) is 17.0 Å². The fourth-order valence-corrected chi connectivity index (χ4v) is 1.50. The summed E-state index contributed by atoms with van der Waals surface area (Å²) in [6.45, 7) is 1.91. The molecule has 1 heterocycles. The predicted octanol–water partition coefficient (Wildman–Crippen LogP) is 2.57. The summed E-state index contributed by atoms with van der Waals surface area (Å²) < 4.78 is 13.0. The van der Waals surface area contributed by atoms with Crippen LogP contribution in [0, 0.1) is 12.7 Å². The second-order valence-corrected chi connectivity index (χ2v) is 3.32. The van der Waals surface area contributed by atoms with E-state index in [1.165, 1.54) is 12.1 Å². The molecule has 0 amide bonds. The fourth-order valence-electron chi connectivity index (χ4n) is 1.50. The molecule has 0 saturated heterocycles. The number of anilines is 1. The number of rotatable bonds is 2. The summed E-state index contributed by atoms with van der Waals surface area (Å²) >= 11 is 0. The van der Waals surface area contributed by atoms with Crippen LogP contribution in [0.25, 0.3) is 11.3 Å². The van der Waals surface area contributed by atoms with Crippen molar-refractivity contribution >= 4 is 5.95 Å². The smallest absolute Gasteiger partial charge is 0.200 e. The normalized spacial score (nSPS) is 10.3. The van der Waals surface area contributed by atoms with Gasteiger partial charge in [-0.2, -0.15) is 0 Å². The molecule has 0 unspecified atom stereocenters. The SMILES string of the molecule is CNc1nc(-c2cccc(F)c2)c(C)[nH]1. The molecule has 1 aromatic carbocycles. The highest BCUT2D eigenvalue weighted by Gasteiger charge is 2.08. The lowest BCUT2D eigenvalue weighted by Crippen LogP contribution is -1.89. The van der Waals surface area contributed by atoms with E-state index in [1.54, 1.807) is 13.1 Å². The van der Waals surface area contributed by atoms with Gasteiger partial charge in [0.2, 0.25) is 5.95 Å². The number of hydrogen-bond donors (Lipinski definition) is 2. The zero-order valence-electron chi connectivity index (χ0n) is 8.63. The molecular formula is C11H12FN3. The Morgan fingerprint density at radius 1 is 1.40 bits per heavy atom. The van der Waals surface area contributed by atoms with Gasteiger partial charge in [-0.25, -0.2) is 9.37 Å². The van der Waals surface area contributed by atoms with Crippen molar-refractivity contribution in [2.45, 2.75) is 6.92 Å². The van der Waals surface area contributed by atoms with E-state index >= 15 is 0 Å². The number of imidazole rings is 1. The Kier molecular flexibility index (Phi) is 2.41. The maximum absolute atomic E-state index is 13.0. The quantitative estimate of drug-likeness (QED) is 0.791. The van der Waals surface area contributed by atoms with Gasteiger partial charge in [0.25, 0.3) is 0 Å². The number of aromatic nitrogens is 2. The van der Waals surface area contributed by atoms with E-state index in [-0.39, 0.29) is 5.82 Å². The number of halogens is 1. The standard InChI is InChI=1S/C11H12FN3/c1-7-10(15-11(13-2)14-7)8-4-3-5-9(12)6-8/h3-6H,1-2H3,(H2,13,14,15). The molecule has 0 fully saturated rings. The van der Waals surface area contributed by atoms with Crippen LogP contribution in [-0.2, 0) is 0 Å². The molecule has 0 bridgehead atoms. The molecule has 78 valence electrons. The van der Waals surface area contributed by atoms with E-state index in [4.69, 9.17) is 0 Å². The average Bonchev–Trinajstić information content (AvgIpc) is 2.60. The first-order chi connectivity index (χ1) is 7.20. The van der Waals surface area contributed by atoms with E-state index in [1.807, 2.05) is 13.0 Å². The lowest BCUT2D eigenvalue weighted by Gasteiger charge is -1.97. The van der Waals surface area contributed by atoms with Crippen LogP contribution in [0.2, 0.25) is 0 Å². The van der Waals surface area contributed by atoms with E-state index in [0.29, 0.717) is 5.95 Å². The van der Waals surface area contributed by atoms with Crippen molar-refractivity contribution in [1.29, 1.82) is 0 Å². The van der Waals surface area contributed by atoms with Crippen molar-refractivity contribution in [3.63, 3.8) is 0 Å². The monoisotopic (exact) mass is 205 g/mol. The maximum atomic E-state index is 13.0. The molecule has 0 radical (unpaired) electrons. The summed E-state index contributed by atoms with van der Waals surface area (Å²) in [6.07, 6.45) is 0. The molecule has 2 N–H and O–H groups in total. The van der Waals surface area contributed by atoms with Crippen LogP contribution in [0.1, 0.15) is 5.69 Å². The summed E-state index contributed by atoms with van der Waals surface area (Å²) in [5.74, 6) is 0.438. The van der Waals surface area contributed by atoms with Crippen molar-refractivity contribution in [3.05, 3.63) is 35.8 Å². The van der Waals surface area contributed by atoms with Crippen LogP contribution < -0.4 is 5.32 Å². The zero-order chi connectivity index (χ0) is 10.8. The highest BCUT2D eigenvalue weighted by Crippen LogP contribution is 2.22. The largest absolute Gasteiger partial charge is 0.359 e. The van der Waals surface area contributed by atoms with Crippen molar-refractivity contribution in [3.8, 4) is 11.3 Å². The van der Waals surface area contributed by atoms with Crippen molar-refractivity contribution in [2.24, 2.45) is 0 Å². The minimum absolute atomic E-state index is 0.249. The molecule has 4 heteroatoms. The van der Waals surface area contributed by atoms with E-state index < -0.39 is 0 Å². The number of H-pyrrole nitrogens is 1. The van der Waals surface area contributed by atoms with E-state index in [9.17, 15) is 4.39 Å². The highest BCUT2D eigenvalue weighted by molar-refractivity contribution is 5.63. The molecule has 1 aromatic heterocycles. The van der Waals surface area contributed by atoms with Gasteiger partial charge in [0, 0.05) is 18.3 Å². The van der Waals surface area contributed by atoms with Crippen molar-refractivity contribution < 1.29 is 4.39 Å². The van der Waals surface area contributed by atoms with E-state index in [0.717, 1.165) is 17.0 Å². The summed E-state index contributed by atoms with van der Waals surface area (Å²) in [6, 6.07) is 6.41. The van der Waals surface area contributed by atoms with Crippen LogP contribution in [0.3, 0.4) is 0 Å². The van der Waals surface area contributed by atoms with Crippen molar-refractivity contribution in [2.75, 3.05) is 12.4 Å². The summed E-state index contributed by atoms with van der Waals surface area (Å²) in [5.41, 5.74) is 2.48. The third kappa shape index (κ3) is 1.83.